The Kier molecular flexibility index (Phi) is 5.29. The monoisotopic (exact) mass is 423 g/mol. The summed E-state index contributed by atoms with van der Waals surface area (Å²) in [5.74, 6) is 2.28. The molecule has 1 fully saturated rings. The number of benzene rings is 2. The van der Waals surface area contributed by atoms with Gasteiger partial charge in [0.15, 0.2) is 11.5 Å². The second-order valence-corrected chi connectivity index (χ2v) is 8.79. The molecule has 1 aliphatic rings. The molecule has 3 aromatic rings. The van der Waals surface area contributed by atoms with Gasteiger partial charge < -0.3 is 23.7 Å². The summed E-state index contributed by atoms with van der Waals surface area (Å²) >= 11 is 0. The maximum absolute atomic E-state index is 13.3. The SMILES string of the molecule is COc1ccc(C(=O)N2CC(n3c(C(C)(C)C)nc4ccccc43)C2)c(OC)c1OC. The van der Waals surface area contributed by atoms with Gasteiger partial charge in [0, 0.05) is 18.5 Å². The van der Waals surface area contributed by atoms with E-state index in [1.165, 1.54) is 14.2 Å². The van der Waals surface area contributed by atoms with Crippen LogP contribution in [0.2, 0.25) is 0 Å². The van der Waals surface area contributed by atoms with Crippen molar-refractivity contribution in [3.63, 3.8) is 0 Å². The Morgan fingerprint density at radius 3 is 2.26 bits per heavy atom. The summed E-state index contributed by atoms with van der Waals surface area (Å²) in [5, 5.41) is 0. The van der Waals surface area contributed by atoms with Crippen molar-refractivity contribution in [2.24, 2.45) is 0 Å². The second-order valence-electron chi connectivity index (χ2n) is 8.79. The van der Waals surface area contributed by atoms with Gasteiger partial charge in [-0.2, -0.15) is 0 Å². The van der Waals surface area contributed by atoms with Crippen LogP contribution in [-0.4, -0.2) is 54.8 Å². The van der Waals surface area contributed by atoms with E-state index >= 15 is 0 Å². The van der Waals surface area contributed by atoms with E-state index in [1.807, 2.05) is 23.1 Å². The van der Waals surface area contributed by atoms with Gasteiger partial charge in [-0.25, -0.2) is 4.98 Å². The van der Waals surface area contributed by atoms with E-state index in [4.69, 9.17) is 19.2 Å². The van der Waals surface area contributed by atoms with Crippen LogP contribution in [0.15, 0.2) is 36.4 Å². The third-order valence-corrected chi connectivity index (χ3v) is 5.72. The van der Waals surface area contributed by atoms with Gasteiger partial charge in [-0.05, 0) is 24.3 Å². The lowest BCUT2D eigenvalue weighted by Crippen LogP contribution is -2.51. The van der Waals surface area contributed by atoms with E-state index in [-0.39, 0.29) is 17.4 Å². The highest BCUT2D eigenvalue weighted by atomic mass is 16.5. The fraction of sp³-hybridized carbons (Fsp3) is 0.417. The minimum absolute atomic E-state index is 0.0872. The summed E-state index contributed by atoms with van der Waals surface area (Å²) in [6.45, 7) is 7.72. The maximum atomic E-state index is 13.3. The lowest BCUT2D eigenvalue weighted by Gasteiger charge is -2.42. The average molecular weight is 424 g/mol. The van der Waals surface area contributed by atoms with Gasteiger partial charge >= 0.3 is 0 Å². The molecule has 0 N–H and O–H groups in total. The number of likely N-dealkylation sites (tertiary alicyclic amines) is 1. The third kappa shape index (κ3) is 3.48. The van der Waals surface area contributed by atoms with Crippen LogP contribution in [0.4, 0.5) is 0 Å². The first-order chi connectivity index (χ1) is 14.8. The largest absolute Gasteiger partial charge is 0.493 e. The smallest absolute Gasteiger partial charge is 0.257 e. The van der Waals surface area contributed by atoms with Crippen molar-refractivity contribution in [1.29, 1.82) is 0 Å². The average Bonchev–Trinajstić information content (AvgIpc) is 3.11. The van der Waals surface area contributed by atoms with Gasteiger partial charge in [0.25, 0.3) is 5.91 Å². The minimum Gasteiger partial charge on any atom is -0.493 e. The highest BCUT2D eigenvalue weighted by molar-refractivity contribution is 5.99. The number of hydrogen-bond donors (Lipinski definition) is 0. The number of amides is 1. The number of carbonyl (C=O) groups is 1. The van der Waals surface area contributed by atoms with Gasteiger partial charge in [0.2, 0.25) is 5.75 Å². The summed E-state index contributed by atoms with van der Waals surface area (Å²) in [7, 11) is 4.62. The molecular formula is C24H29N3O4. The molecule has 1 amide bonds. The quantitative estimate of drug-likeness (QED) is 0.619. The summed E-state index contributed by atoms with van der Waals surface area (Å²) in [5.41, 5.74) is 2.45. The molecule has 7 nitrogen and oxygen atoms in total. The van der Waals surface area contributed by atoms with Crippen molar-refractivity contribution in [2.45, 2.75) is 32.2 Å². The van der Waals surface area contributed by atoms with Crippen LogP contribution >= 0.6 is 0 Å². The molecule has 2 aromatic carbocycles. The number of rotatable bonds is 5. The van der Waals surface area contributed by atoms with Crippen LogP contribution in [0.5, 0.6) is 17.2 Å². The van der Waals surface area contributed by atoms with E-state index in [9.17, 15) is 4.79 Å². The summed E-state index contributed by atoms with van der Waals surface area (Å²) in [4.78, 5) is 20.0. The Labute approximate surface area is 182 Å². The number of para-hydroxylation sites is 2. The number of ether oxygens (including phenoxy) is 3. The summed E-state index contributed by atoms with van der Waals surface area (Å²) in [6.07, 6.45) is 0. The molecular weight excluding hydrogens is 394 g/mol. The summed E-state index contributed by atoms with van der Waals surface area (Å²) < 4.78 is 18.6. The molecule has 31 heavy (non-hydrogen) atoms. The zero-order chi connectivity index (χ0) is 22.3. The molecule has 0 saturated carbocycles. The highest BCUT2D eigenvalue weighted by Gasteiger charge is 2.38. The molecule has 0 bridgehead atoms. The van der Waals surface area contributed by atoms with Crippen LogP contribution in [0, 0.1) is 0 Å². The third-order valence-electron chi connectivity index (χ3n) is 5.72. The van der Waals surface area contributed by atoms with Crippen LogP contribution in [-0.2, 0) is 5.41 Å². The lowest BCUT2D eigenvalue weighted by atomic mass is 9.94. The number of nitrogens with zero attached hydrogens (tertiary/aromatic N) is 3. The standard InChI is InChI=1S/C24H29N3O4/c1-24(2,3)23-25-17-9-7-8-10-18(17)27(23)15-13-26(14-15)22(28)16-11-12-19(29-4)21(31-6)20(16)30-5/h7-12,15H,13-14H2,1-6H3. The van der Waals surface area contributed by atoms with E-state index < -0.39 is 0 Å². The van der Waals surface area contributed by atoms with Crippen LogP contribution in [0.25, 0.3) is 11.0 Å². The molecule has 0 radical (unpaired) electrons. The van der Waals surface area contributed by atoms with Crippen molar-refractivity contribution < 1.29 is 19.0 Å². The number of imidazole rings is 1. The van der Waals surface area contributed by atoms with Gasteiger partial charge in [-0.3, -0.25) is 4.79 Å². The minimum atomic E-state index is -0.101. The van der Waals surface area contributed by atoms with Gasteiger partial charge in [0.05, 0.1) is 44.0 Å². The number of aromatic nitrogens is 2. The van der Waals surface area contributed by atoms with E-state index in [0.717, 1.165) is 16.9 Å². The van der Waals surface area contributed by atoms with Crippen molar-refractivity contribution in [3.05, 3.63) is 47.8 Å². The Hall–Kier alpha value is -3.22. The Bertz CT molecular complexity index is 1120. The van der Waals surface area contributed by atoms with Crippen LogP contribution in [0.1, 0.15) is 43.0 Å². The topological polar surface area (TPSA) is 65.8 Å². The van der Waals surface area contributed by atoms with Gasteiger partial charge in [-0.15, -0.1) is 0 Å². The first-order valence-corrected chi connectivity index (χ1v) is 10.4. The van der Waals surface area contributed by atoms with Crippen LogP contribution in [0.3, 0.4) is 0 Å². The molecule has 1 saturated heterocycles. The molecule has 0 aliphatic carbocycles. The molecule has 0 spiro atoms. The molecule has 2 heterocycles. The first-order valence-electron chi connectivity index (χ1n) is 10.4. The maximum Gasteiger partial charge on any atom is 0.257 e. The number of methoxy groups -OCH3 is 3. The number of hydrogen-bond acceptors (Lipinski definition) is 5. The second kappa shape index (κ2) is 7.80. The number of carbonyl (C=O) groups excluding carboxylic acids is 1. The zero-order valence-corrected chi connectivity index (χ0v) is 18.9. The normalized spacial score (nSPS) is 14.5. The number of fused-ring (bicyclic) bond motifs is 1. The van der Waals surface area contributed by atoms with Crippen molar-refractivity contribution in [1.82, 2.24) is 14.5 Å². The zero-order valence-electron chi connectivity index (χ0n) is 18.9. The van der Waals surface area contributed by atoms with Gasteiger partial charge in [-0.1, -0.05) is 32.9 Å². The molecule has 0 unspecified atom stereocenters. The Balaban J connectivity index is 1.63. The lowest BCUT2D eigenvalue weighted by molar-refractivity contribution is 0.0514. The molecule has 0 atom stereocenters. The van der Waals surface area contributed by atoms with Crippen molar-refractivity contribution >= 4 is 16.9 Å². The van der Waals surface area contributed by atoms with Crippen LogP contribution < -0.4 is 14.2 Å². The molecule has 1 aromatic heterocycles. The Morgan fingerprint density at radius 2 is 1.65 bits per heavy atom. The van der Waals surface area contributed by atoms with Crippen molar-refractivity contribution in [3.8, 4) is 17.2 Å². The predicted octanol–water partition coefficient (Wildman–Crippen LogP) is 4.06. The highest BCUT2D eigenvalue weighted by Crippen LogP contribution is 2.41. The predicted molar refractivity (Wildman–Crippen MR) is 119 cm³/mol. The van der Waals surface area contributed by atoms with E-state index in [1.54, 1.807) is 19.2 Å². The van der Waals surface area contributed by atoms with E-state index in [0.29, 0.717) is 35.9 Å². The van der Waals surface area contributed by atoms with E-state index in [2.05, 4.69) is 31.4 Å². The van der Waals surface area contributed by atoms with Crippen molar-refractivity contribution in [2.75, 3.05) is 34.4 Å². The molecule has 4 rings (SSSR count). The molecule has 7 heteroatoms. The molecule has 1 aliphatic heterocycles. The molecule has 164 valence electrons. The fourth-order valence-corrected chi connectivity index (χ4v) is 4.17. The fourth-order valence-electron chi connectivity index (χ4n) is 4.17. The Morgan fingerprint density at radius 1 is 0.968 bits per heavy atom. The van der Waals surface area contributed by atoms with Gasteiger partial charge in [0.1, 0.15) is 5.82 Å². The summed E-state index contributed by atoms with van der Waals surface area (Å²) in [6, 6.07) is 11.8. The first kappa shape index (κ1) is 21.0.